The highest BCUT2D eigenvalue weighted by atomic mass is 32.7. The molecular weight excluding hydrogens is 1890 g/mol. The Morgan fingerprint density at radius 1 is 0.315 bits per heavy atom. The predicted octanol–water partition coefficient (Wildman–Crippen LogP) is 3.90. The van der Waals surface area contributed by atoms with Gasteiger partial charge < -0.3 is 33.5 Å². The lowest BCUT2D eigenvalue weighted by Gasteiger charge is -2.27. The standard InChI is InChI=1S/C63H86N12O37P6S6/c1-27(2)106-118(94,124)112-39-14-51(75-20-33(8)57(82)69-63(75)88)105-45(39)26-99-117(93,123)111-38-13-50(74-19-32(7)56(81)68-62(74)87)104-44(38)25-98-116(92,122)110-37-12-49(73-18-31(6)55(80)67-61(73)86)103-43(37)24-97-115(91,121)109-36-11-48(72-17-30(5)54(79)66-60(72)85)102-42(36)23-96-114(90,120)108-35-10-47(71-16-29(4)53(78)65-59(71)84)101-41(35)22-95-113(89,119)107-34-9-46(100-40(34)21-76)70-15-28(3)52(77)64-58(70)83/h15-20,27,34-51,76H,9-14,21-26H2,1-8H3,(H,89,119)(H,90,120)(H,91,121)(H,92,122)(H,93,123)(H,94,124)(H,64,77,83)(H,65,78,84)(H,66,79,85)(H,67,80,86)(H,68,81,87)(H,69,82,88)/t34-,35-,36-,37-,38-,39-,40+,41+,42+,43+,44+,45+,46+,47+,48+,49+,50+,51+,113+,114+,115+,116+,117+,118+/m0/s1. The van der Waals surface area contributed by atoms with Gasteiger partial charge in [-0.05, 0) is 55.4 Å². The Labute approximate surface area is 728 Å². The topological polar surface area (TPSA) is 618 Å². The Hall–Kier alpha value is -5.20. The van der Waals surface area contributed by atoms with Gasteiger partial charge in [0.2, 0.25) is 0 Å². The third-order valence-corrected chi connectivity index (χ3v) is 30.0. The van der Waals surface area contributed by atoms with Gasteiger partial charge in [0.05, 0.1) is 45.7 Å². The first kappa shape index (κ1) is 97.8. The summed E-state index contributed by atoms with van der Waals surface area (Å²) in [5.41, 5.74) is -9.79. The highest BCUT2D eigenvalue weighted by molar-refractivity contribution is 8.46. The highest BCUT2D eigenvalue weighted by Gasteiger charge is 2.51. The summed E-state index contributed by atoms with van der Waals surface area (Å²) in [6.45, 7) is -21.8. The Morgan fingerprint density at radius 2 is 0.476 bits per heavy atom. The first-order valence-corrected chi connectivity index (χ1v) is 53.5. The molecule has 6 aromatic heterocycles. The van der Waals surface area contributed by atoms with Gasteiger partial charge in [-0.1, -0.05) is 73.5 Å². The zero-order valence-electron chi connectivity index (χ0n) is 66.1. The molecule has 49 nitrogen and oxygen atoms in total. The maximum atomic E-state index is 14.8. The molecule has 0 unspecified atom stereocenters. The molecule has 686 valence electrons. The first-order chi connectivity index (χ1) is 57.9. The van der Waals surface area contributed by atoms with Crippen molar-refractivity contribution in [1.82, 2.24) is 57.3 Å². The SMILES string of the molecule is Cc1cn([C@H]2C[C@H](O[P@](=O)(S)OC[C@H]3O[C@@H](n4cc(C)c(=O)[nH]c4=O)C[C@@H]3O[P@](=O)(S)OC[C@H]3O[C@@H](n4cc(C)c(=O)[nH]c4=O)C[C@@H]3O[P@](=O)(S)OC[C@H]3O[C@@H](n4cc(C)c(=O)[nH]c4=O)C[C@@H]3O[P@](=O)(S)OC[C@H]3O[C@@H](n4cc(C)c(=O)[nH]c4=O)C[C@@H]3O[P@](=O)(S)OC[C@H]3O[C@@H](n4cc(C)c(=O)[nH]c4=O)C[C@@H]3O[P@](=O)(S)OC(C)C)[C@@H](CO)O2)c(=O)[nH]c1=O. The molecule has 61 heteroatoms. The minimum atomic E-state index is -4.93. The quantitative estimate of drug-likeness (QED) is 0.0196. The van der Waals surface area contributed by atoms with Gasteiger partial charge in [0.15, 0.2) is 0 Å². The summed E-state index contributed by atoms with van der Waals surface area (Å²) in [4.78, 5) is 167. The van der Waals surface area contributed by atoms with E-state index in [1.165, 1.54) is 53.9 Å². The Kier molecular flexibility index (Phi) is 31.1. The molecule has 12 rings (SSSR count). The second-order valence-electron chi connectivity index (χ2n) is 29.6. The van der Waals surface area contributed by atoms with Crippen LogP contribution in [-0.2, 0) is 110 Å². The third-order valence-electron chi connectivity index (χ3n) is 20.0. The van der Waals surface area contributed by atoms with E-state index in [4.69, 9.17) is 82.7 Å². The summed E-state index contributed by atoms with van der Waals surface area (Å²) in [5.74, 6) is 0. The van der Waals surface area contributed by atoms with E-state index in [0.717, 1.165) is 52.2 Å². The molecule has 0 bridgehead atoms. The molecule has 0 saturated carbocycles. The summed E-state index contributed by atoms with van der Waals surface area (Å²) in [7, 11) is 0. The molecule has 6 aromatic rings. The van der Waals surface area contributed by atoms with Gasteiger partial charge in [0.25, 0.3) is 33.4 Å². The second-order valence-corrected chi connectivity index (χ2v) is 46.8. The van der Waals surface area contributed by atoms with E-state index >= 15 is 0 Å². The van der Waals surface area contributed by atoms with Crippen LogP contribution in [0.15, 0.2) is 94.7 Å². The number of aliphatic hydroxyl groups is 1. The lowest BCUT2D eigenvalue weighted by atomic mass is 10.2. The van der Waals surface area contributed by atoms with E-state index in [1.54, 1.807) is 13.8 Å². The maximum Gasteiger partial charge on any atom is 0.386 e. The van der Waals surface area contributed by atoms with Gasteiger partial charge in [-0.25, -0.2) is 56.2 Å². The minimum Gasteiger partial charge on any atom is -0.394 e. The van der Waals surface area contributed by atoms with Gasteiger partial charge in [-0.2, -0.15) is 0 Å². The number of thiol groups is 6. The molecule has 0 aliphatic carbocycles. The van der Waals surface area contributed by atoms with Crippen molar-refractivity contribution in [2.75, 3.05) is 39.6 Å². The van der Waals surface area contributed by atoms with Crippen LogP contribution in [0.5, 0.6) is 0 Å². The molecule has 6 aliphatic rings. The lowest BCUT2D eigenvalue weighted by molar-refractivity contribution is -0.0545. The van der Waals surface area contributed by atoms with Crippen LogP contribution in [0.1, 0.15) is 123 Å². The number of aromatic amines is 6. The van der Waals surface area contributed by atoms with Crippen LogP contribution in [0, 0.1) is 41.5 Å². The smallest absolute Gasteiger partial charge is 0.386 e. The van der Waals surface area contributed by atoms with E-state index < -0.39 is 290 Å². The van der Waals surface area contributed by atoms with E-state index in [2.05, 4.69) is 103 Å². The largest absolute Gasteiger partial charge is 0.394 e. The van der Waals surface area contributed by atoms with Crippen LogP contribution in [0.4, 0.5) is 0 Å². The molecule has 6 fully saturated rings. The molecule has 124 heavy (non-hydrogen) atoms. The van der Waals surface area contributed by atoms with Crippen molar-refractivity contribution >= 4 is 114 Å². The van der Waals surface area contributed by atoms with E-state index in [-0.39, 0.29) is 46.2 Å². The monoisotopic (exact) mass is 1980 g/mol. The zero-order valence-corrected chi connectivity index (χ0v) is 76.8. The molecule has 24 atom stereocenters. The zero-order chi connectivity index (χ0) is 90.5. The summed E-state index contributed by atoms with van der Waals surface area (Å²) in [6, 6.07) is 0. The summed E-state index contributed by atoms with van der Waals surface area (Å²) >= 11 is 25.2. The van der Waals surface area contributed by atoms with Crippen LogP contribution in [0.2, 0.25) is 0 Å². The number of aliphatic hydroxyl groups excluding tert-OH is 1. The number of aromatic nitrogens is 12. The number of H-pyrrole nitrogens is 6. The first-order valence-electron chi connectivity index (χ1n) is 37.3. The van der Waals surface area contributed by atoms with Crippen molar-refractivity contribution in [3.8, 4) is 0 Å². The Morgan fingerprint density at radius 3 is 0.645 bits per heavy atom. The Balaban J connectivity index is 0.747. The number of rotatable bonds is 36. The molecule has 0 amide bonds. The van der Waals surface area contributed by atoms with Crippen molar-refractivity contribution < 1.29 is 115 Å². The van der Waals surface area contributed by atoms with E-state index in [0.29, 0.717) is 0 Å². The average molecular weight is 1980 g/mol. The fraction of sp³-hybridized carbons (Fsp3) is 0.619. The normalized spacial score (nSPS) is 29.5. The summed E-state index contributed by atoms with van der Waals surface area (Å²) < 4.78 is 198. The van der Waals surface area contributed by atoms with Crippen LogP contribution in [-0.4, -0.2) is 181 Å². The fourth-order valence-corrected chi connectivity index (χ4v) is 23.6. The molecule has 0 spiro atoms. The number of aryl methyl sites for hydroxylation is 6. The molecule has 12 heterocycles. The number of nitrogens with zero attached hydrogens (tertiary/aromatic N) is 6. The molecule has 7 N–H and O–H groups in total. The van der Waals surface area contributed by atoms with E-state index in [9.17, 15) is 90.0 Å². The van der Waals surface area contributed by atoms with Crippen LogP contribution < -0.4 is 67.5 Å². The van der Waals surface area contributed by atoms with Crippen molar-refractivity contribution in [2.45, 2.75) is 211 Å². The number of nitrogens with one attached hydrogen (secondary N) is 6. The van der Waals surface area contributed by atoms with Crippen LogP contribution in [0.25, 0.3) is 0 Å². The fourth-order valence-electron chi connectivity index (χ4n) is 13.9. The van der Waals surface area contributed by atoms with Gasteiger partial charge in [0, 0.05) is 109 Å². The molecule has 0 radical (unpaired) electrons. The molecule has 0 aromatic carbocycles. The maximum absolute atomic E-state index is 14.8. The number of ether oxygens (including phenoxy) is 6. The van der Waals surface area contributed by atoms with Gasteiger partial charge >= 0.3 is 74.9 Å². The third kappa shape index (κ3) is 24.3. The molecule has 6 saturated heterocycles. The minimum absolute atomic E-state index is 0.00738. The van der Waals surface area contributed by atoms with Crippen molar-refractivity contribution in [2.24, 2.45) is 0 Å². The number of hydrogen-bond donors (Lipinski definition) is 13. The molecular formula is C63H86N12O37P6S6. The van der Waals surface area contributed by atoms with Crippen molar-refractivity contribution in [3.63, 3.8) is 0 Å². The van der Waals surface area contributed by atoms with Crippen molar-refractivity contribution in [1.29, 1.82) is 0 Å². The van der Waals surface area contributed by atoms with Gasteiger partial charge in [-0.15, -0.1) is 0 Å². The summed E-state index contributed by atoms with van der Waals surface area (Å²) in [5, 5.41) is 10.2. The number of hydrogen-bond acceptors (Lipinski definition) is 37. The van der Waals surface area contributed by atoms with Gasteiger partial charge in [0.1, 0.15) is 111 Å². The molecule has 6 aliphatic heterocycles. The Bertz CT molecular complexity index is 6110. The highest BCUT2D eigenvalue weighted by Crippen LogP contribution is 2.63. The predicted molar refractivity (Wildman–Crippen MR) is 449 cm³/mol. The van der Waals surface area contributed by atoms with Gasteiger partial charge in [-0.3, -0.25) is 140 Å². The van der Waals surface area contributed by atoms with E-state index in [1.807, 2.05) is 0 Å². The average Bonchev–Trinajstić information content (AvgIpc) is 1.65. The lowest BCUT2D eigenvalue weighted by Crippen LogP contribution is -2.33. The summed E-state index contributed by atoms with van der Waals surface area (Å²) in [6.07, 6.45) is -21.5. The second kappa shape index (κ2) is 39.5. The van der Waals surface area contributed by atoms with Crippen molar-refractivity contribution in [3.05, 3.63) is 196 Å². The van der Waals surface area contributed by atoms with Crippen LogP contribution >= 0.6 is 114 Å². The van der Waals surface area contributed by atoms with Crippen LogP contribution in [0.3, 0.4) is 0 Å².